The summed E-state index contributed by atoms with van der Waals surface area (Å²) in [5.41, 5.74) is -1.30. The molecule has 0 bridgehead atoms. The van der Waals surface area contributed by atoms with E-state index < -0.39 is 16.5 Å². The monoisotopic (exact) mass is 384 g/mol. The van der Waals surface area contributed by atoms with Crippen LogP contribution < -0.4 is 20.4 Å². The molecule has 0 aliphatic rings. The van der Waals surface area contributed by atoms with E-state index in [2.05, 4.69) is 5.32 Å². The first-order valence-corrected chi connectivity index (χ1v) is 8.27. The van der Waals surface area contributed by atoms with Gasteiger partial charge in [0.25, 0.3) is 11.6 Å². The van der Waals surface area contributed by atoms with Crippen molar-refractivity contribution in [2.24, 2.45) is 0 Å². The van der Waals surface area contributed by atoms with Crippen molar-refractivity contribution in [2.45, 2.75) is 6.92 Å². The Hall–Kier alpha value is -3.88. The molecule has 9 heteroatoms. The van der Waals surface area contributed by atoms with E-state index in [1.807, 2.05) is 6.92 Å². The highest BCUT2D eigenvalue weighted by molar-refractivity contribution is 6.06. The van der Waals surface area contributed by atoms with Gasteiger partial charge < -0.3 is 19.2 Å². The molecule has 0 aliphatic heterocycles. The molecule has 3 rings (SSSR count). The Morgan fingerprint density at radius 3 is 2.61 bits per heavy atom. The molecule has 144 valence electrons. The summed E-state index contributed by atoms with van der Waals surface area (Å²) in [5, 5.41) is 14.1. The number of anilines is 1. The highest BCUT2D eigenvalue weighted by Crippen LogP contribution is 2.29. The Labute approximate surface area is 158 Å². The summed E-state index contributed by atoms with van der Waals surface area (Å²) < 4.78 is 15.5. The van der Waals surface area contributed by atoms with Crippen LogP contribution in [0.15, 0.2) is 51.7 Å². The van der Waals surface area contributed by atoms with Crippen LogP contribution in [-0.4, -0.2) is 24.5 Å². The van der Waals surface area contributed by atoms with Crippen molar-refractivity contribution in [3.05, 3.63) is 68.6 Å². The molecular weight excluding hydrogens is 368 g/mol. The number of nitrogens with one attached hydrogen (secondary N) is 1. The number of fused-ring (bicyclic) bond motifs is 1. The van der Waals surface area contributed by atoms with E-state index in [4.69, 9.17) is 13.9 Å². The van der Waals surface area contributed by atoms with E-state index >= 15 is 0 Å². The fraction of sp³-hybridized carbons (Fsp3) is 0.158. The number of ether oxygens (including phenoxy) is 2. The van der Waals surface area contributed by atoms with Crippen molar-refractivity contribution in [2.75, 3.05) is 19.0 Å². The molecule has 0 atom stereocenters. The number of carbonyl (C=O) groups is 1. The van der Waals surface area contributed by atoms with Crippen molar-refractivity contribution in [1.82, 2.24) is 0 Å². The summed E-state index contributed by atoms with van der Waals surface area (Å²) in [7, 11) is 1.37. The van der Waals surface area contributed by atoms with Crippen molar-refractivity contribution in [1.29, 1.82) is 0 Å². The Morgan fingerprint density at radius 2 is 1.93 bits per heavy atom. The quantitative estimate of drug-likeness (QED) is 0.393. The van der Waals surface area contributed by atoms with Gasteiger partial charge in [-0.2, -0.15) is 0 Å². The number of nitro benzene ring substituents is 1. The van der Waals surface area contributed by atoms with Gasteiger partial charge >= 0.3 is 5.63 Å². The van der Waals surface area contributed by atoms with Gasteiger partial charge in [-0.3, -0.25) is 14.9 Å². The maximum atomic E-state index is 12.5. The number of methoxy groups -OCH3 is 1. The summed E-state index contributed by atoms with van der Waals surface area (Å²) in [5.74, 6) is -0.0259. The number of rotatable bonds is 6. The van der Waals surface area contributed by atoms with Crippen LogP contribution in [0.4, 0.5) is 11.4 Å². The third kappa shape index (κ3) is 3.78. The van der Waals surface area contributed by atoms with Gasteiger partial charge in [-0.15, -0.1) is 0 Å². The second kappa shape index (κ2) is 7.78. The normalized spacial score (nSPS) is 10.5. The van der Waals surface area contributed by atoms with Crippen molar-refractivity contribution in [3.8, 4) is 11.5 Å². The van der Waals surface area contributed by atoms with Gasteiger partial charge in [0.1, 0.15) is 28.3 Å². The summed E-state index contributed by atoms with van der Waals surface area (Å²) in [6.07, 6.45) is 0. The number of hydrogen-bond donors (Lipinski definition) is 1. The fourth-order valence-electron chi connectivity index (χ4n) is 2.59. The molecule has 0 fully saturated rings. The number of nitro groups is 1. The number of amides is 1. The summed E-state index contributed by atoms with van der Waals surface area (Å²) in [6.45, 7) is 2.28. The molecular formula is C19H16N2O7. The lowest BCUT2D eigenvalue weighted by atomic mass is 10.1. The fourth-order valence-corrected chi connectivity index (χ4v) is 2.59. The maximum absolute atomic E-state index is 12.5. The van der Waals surface area contributed by atoms with E-state index in [0.717, 1.165) is 0 Å². The molecule has 1 N–H and O–H groups in total. The van der Waals surface area contributed by atoms with E-state index in [9.17, 15) is 19.7 Å². The van der Waals surface area contributed by atoms with Crippen molar-refractivity contribution < 1.29 is 23.6 Å². The lowest BCUT2D eigenvalue weighted by Gasteiger charge is -2.08. The zero-order chi connectivity index (χ0) is 20.3. The van der Waals surface area contributed by atoms with Gasteiger partial charge in [0.15, 0.2) is 0 Å². The molecule has 1 aromatic heterocycles. The van der Waals surface area contributed by atoms with Crippen LogP contribution in [0.1, 0.15) is 17.3 Å². The zero-order valence-electron chi connectivity index (χ0n) is 15.1. The molecule has 0 unspecified atom stereocenters. The van der Waals surface area contributed by atoms with E-state index in [-0.39, 0.29) is 28.3 Å². The minimum Gasteiger partial charge on any atom is -0.496 e. The molecule has 0 spiro atoms. The number of benzene rings is 2. The third-order valence-electron chi connectivity index (χ3n) is 3.91. The van der Waals surface area contributed by atoms with Crippen molar-refractivity contribution >= 4 is 28.3 Å². The predicted molar refractivity (Wildman–Crippen MR) is 101 cm³/mol. The highest BCUT2D eigenvalue weighted by atomic mass is 16.6. The van der Waals surface area contributed by atoms with Gasteiger partial charge in [0, 0.05) is 11.5 Å². The number of nitrogens with zero attached hydrogens (tertiary/aromatic N) is 1. The van der Waals surface area contributed by atoms with Gasteiger partial charge in [0.05, 0.1) is 24.7 Å². The lowest BCUT2D eigenvalue weighted by Crippen LogP contribution is -2.21. The van der Waals surface area contributed by atoms with Crippen LogP contribution in [-0.2, 0) is 0 Å². The smallest absolute Gasteiger partial charge is 0.349 e. The zero-order valence-corrected chi connectivity index (χ0v) is 15.1. The summed E-state index contributed by atoms with van der Waals surface area (Å²) >= 11 is 0. The lowest BCUT2D eigenvalue weighted by molar-refractivity contribution is -0.384. The van der Waals surface area contributed by atoms with Gasteiger partial charge in [-0.05, 0) is 37.3 Å². The SMILES string of the molecule is CCOc1ccc2cc(C(=O)Nc3ccc(OC)cc3[N+](=O)[O-])c(=O)oc2c1. The second-order valence-electron chi connectivity index (χ2n) is 5.67. The Kier molecular flexibility index (Phi) is 5.25. The van der Waals surface area contributed by atoms with E-state index in [0.29, 0.717) is 17.7 Å². The van der Waals surface area contributed by atoms with Crippen LogP contribution >= 0.6 is 0 Å². The summed E-state index contributed by atoms with van der Waals surface area (Å²) in [6, 6.07) is 10.2. The third-order valence-corrected chi connectivity index (χ3v) is 3.91. The molecule has 1 heterocycles. The Bertz CT molecular complexity index is 1120. The Balaban J connectivity index is 1.96. The average molecular weight is 384 g/mol. The highest BCUT2D eigenvalue weighted by Gasteiger charge is 2.20. The van der Waals surface area contributed by atoms with Crippen LogP contribution in [0.5, 0.6) is 11.5 Å². The Morgan fingerprint density at radius 1 is 1.18 bits per heavy atom. The first-order valence-electron chi connectivity index (χ1n) is 8.27. The standard InChI is InChI=1S/C19H16N2O7/c1-3-27-13-5-4-11-8-14(19(23)28-17(11)10-13)18(22)20-15-7-6-12(26-2)9-16(15)21(24)25/h4-10H,3H2,1-2H3,(H,20,22). The first kappa shape index (κ1) is 18.9. The van der Waals surface area contributed by atoms with Crippen LogP contribution in [0, 0.1) is 10.1 Å². The molecule has 28 heavy (non-hydrogen) atoms. The number of carbonyl (C=O) groups excluding carboxylic acids is 1. The molecule has 0 aliphatic carbocycles. The van der Waals surface area contributed by atoms with Crippen LogP contribution in [0.3, 0.4) is 0 Å². The minimum absolute atomic E-state index is 0.0676. The minimum atomic E-state index is -0.866. The van der Waals surface area contributed by atoms with Gasteiger partial charge in [0.2, 0.25) is 0 Å². The molecule has 0 radical (unpaired) electrons. The van der Waals surface area contributed by atoms with E-state index in [1.54, 1.807) is 18.2 Å². The molecule has 0 saturated carbocycles. The molecule has 1 amide bonds. The van der Waals surface area contributed by atoms with Crippen molar-refractivity contribution in [3.63, 3.8) is 0 Å². The first-order chi connectivity index (χ1) is 13.4. The largest absolute Gasteiger partial charge is 0.496 e. The maximum Gasteiger partial charge on any atom is 0.349 e. The topological polar surface area (TPSA) is 121 Å². The number of hydrogen-bond acceptors (Lipinski definition) is 7. The molecule has 9 nitrogen and oxygen atoms in total. The van der Waals surface area contributed by atoms with Crippen LogP contribution in [0.2, 0.25) is 0 Å². The molecule has 2 aromatic carbocycles. The predicted octanol–water partition coefficient (Wildman–Crippen LogP) is 3.36. The second-order valence-corrected chi connectivity index (χ2v) is 5.67. The molecule has 0 saturated heterocycles. The molecule has 3 aromatic rings. The van der Waals surface area contributed by atoms with Gasteiger partial charge in [-0.25, -0.2) is 4.79 Å². The van der Waals surface area contributed by atoms with Crippen LogP contribution in [0.25, 0.3) is 11.0 Å². The average Bonchev–Trinajstić information content (AvgIpc) is 2.67. The summed E-state index contributed by atoms with van der Waals surface area (Å²) in [4.78, 5) is 35.3. The van der Waals surface area contributed by atoms with E-state index in [1.165, 1.54) is 31.4 Å². The van der Waals surface area contributed by atoms with Gasteiger partial charge in [-0.1, -0.05) is 0 Å².